The molecule has 7 heteroatoms. The van der Waals surface area contributed by atoms with E-state index in [9.17, 15) is 9.59 Å². The van der Waals surface area contributed by atoms with E-state index < -0.39 is 0 Å². The molecule has 1 fully saturated rings. The highest BCUT2D eigenvalue weighted by Crippen LogP contribution is 2.27. The Balaban J connectivity index is 1.38. The van der Waals surface area contributed by atoms with E-state index in [1.807, 2.05) is 34.5 Å². The lowest BCUT2D eigenvalue weighted by Gasteiger charge is -2.25. The van der Waals surface area contributed by atoms with E-state index >= 15 is 0 Å². The van der Waals surface area contributed by atoms with Gasteiger partial charge in [-0.25, -0.2) is 0 Å². The number of thiophene rings is 1. The smallest absolute Gasteiger partial charge is 0.260 e. The zero-order chi connectivity index (χ0) is 19.3. The van der Waals surface area contributed by atoms with Crippen LogP contribution in [0.5, 0.6) is 5.75 Å². The molecule has 1 aromatic carbocycles. The van der Waals surface area contributed by atoms with Crippen molar-refractivity contribution in [1.29, 1.82) is 0 Å². The van der Waals surface area contributed by atoms with Crippen molar-refractivity contribution in [2.75, 3.05) is 25.1 Å². The number of aryl methyl sites for hydroxylation is 1. The number of carbonyl (C=O) groups excluding carboxylic acids is 2. The number of hydrogen-bond donors (Lipinski definition) is 1. The minimum absolute atomic E-state index is 0.0107. The highest BCUT2D eigenvalue weighted by molar-refractivity contribution is 7.09. The summed E-state index contributed by atoms with van der Waals surface area (Å²) in [6, 6.07) is 9.57. The molecule has 2 amide bonds. The minimum Gasteiger partial charge on any atom is -0.484 e. The van der Waals surface area contributed by atoms with Crippen LogP contribution in [0.1, 0.15) is 29.7 Å². The fourth-order valence-electron chi connectivity index (χ4n) is 3.57. The van der Waals surface area contributed by atoms with Crippen LogP contribution in [0.4, 0.5) is 5.69 Å². The maximum absolute atomic E-state index is 12.9. The molecule has 6 nitrogen and oxygen atoms in total. The normalized spacial score (nSPS) is 18.4. The molecular weight excluding hydrogens is 376 g/mol. The first-order chi connectivity index (χ1) is 13.7. The van der Waals surface area contributed by atoms with Gasteiger partial charge in [0.05, 0.1) is 12.6 Å². The fraction of sp³-hybridized carbons (Fsp3) is 0.429. The third-order valence-electron chi connectivity index (χ3n) is 5.06. The topological polar surface area (TPSA) is 67.9 Å². The van der Waals surface area contributed by atoms with Crippen molar-refractivity contribution in [2.24, 2.45) is 0 Å². The third-order valence-corrected chi connectivity index (χ3v) is 5.92. The van der Waals surface area contributed by atoms with Gasteiger partial charge < -0.3 is 19.7 Å². The standard InChI is InChI=1S/C21H24N2O4S/c24-20-8-5-15-11-16(6-7-19(15)22-20)27-14-21(25)23(12-17-3-1-9-26-17)13-18-4-2-10-28-18/h2,4,6-7,10-11,17H,1,3,5,8-9,12-14H2,(H,22,24). The number of anilines is 1. The summed E-state index contributed by atoms with van der Waals surface area (Å²) in [6.07, 6.45) is 3.32. The average molecular weight is 401 g/mol. The van der Waals surface area contributed by atoms with E-state index in [1.54, 1.807) is 17.4 Å². The summed E-state index contributed by atoms with van der Waals surface area (Å²) < 4.78 is 11.5. The zero-order valence-corrected chi connectivity index (χ0v) is 16.5. The molecular formula is C21H24N2O4S. The Bertz CT molecular complexity index is 831. The van der Waals surface area contributed by atoms with Crippen molar-refractivity contribution in [3.05, 3.63) is 46.2 Å². The van der Waals surface area contributed by atoms with Crippen LogP contribution in [0.2, 0.25) is 0 Å². The molecule has 3 heterocycles. The number of nitrogens with zero attached hydrogens (tertiary/aromatic N) is 1. The SMILES string of the molecule is O=C1CCc2cc(OCC(=O)N(Cc3cccs3)CC3CCCO3)ccc2N1. The first kappa shape index (κ1) is 19.0. The molecule has 0 saturated carbocycles. The zero-order valence-electron chi connectivity index (χ0n) is 15.7. The van der Waals surface area contributed by atoms with Gasteiger partial charge in [-0.3, -0.25) is 9.59 Å². The van der Waals surface area contributed by atoms with Gasteiger partial charge in [0.15, 0.2) is 6.61 Å². The van der Waals surface area contributed by atoms with Crippen LogP contribution in [-0.2, 0) is 27.3 Å². The molecule has 2 aliphatic rings. The average Bonchev–Trinajstić information content (AvgIpc) is 3.40. The van der Waals surface area contributed by atoms with E-state index in [1.165, 1.54) is 0 Å². The maximum atomic E-state index is 12.9. The summed E-state index contributed by atoms with van der Waals surface area (Å²) in [7, 11) is 0. The van der Waals surface area contributed by atoms with Gasteiger partial charge in [0.25, 0.3) is 5.91 Å². The quantitative estimate of drug-likeness (QED) is 0.775. The predicted molar refractivity (Wildman–Crippen MR) is 108 cm³/mol. The van der Waals surface area contributed by atoms with Gasteiger partial charge in [-0.15, -0.1) is 11.3 Å². The number of hydrogen-bond acceptors (Lipinski definition) is 5. The monoisotopic (exact) mass is 400 g/mol. The Morgan fingerprint density at radius 2 is 2.25 bits per heavy atom. The van der Waals surface area contributed by atoms with Gasteiger partial charge in [-0.1, -0.05) is 6.07 Å². The number of rotatable bonds is 7. The van der Waals surface area contributed by atoms with Crippen molar-refractivity contribution in [3.8, 4) is 5.75 Å². The lowest BCUT2D eigenvalue weighted by molar-refractivity contribution is -0.135. The van der Waals surface area contributed by atoms with E-state index in [0.29, 0.717) is 31.7 Å². The molecule has 0 bridgehead atoms. The van der Waals surface area contributed by atoms with E-state index in [0.717, 1.165) is 35.6 Å². The molecule has 0 aliphatic carbocycles. The van der Waals surface area contributed by atoms with Crippen molar-refractivity contribution in [2.45, 2.75) is 38.3 Å². The van der Waals surface area contributed by atoms with Gasteiger partial charge in [0, 0.05) is 30.1 Å². The van der Waals surface area contributed by atoms with Crippen LogP contribution < -0.4 is 10.1 Å². The number of nitrogens with one attached hydrogen (secondary N) is 1. The van der Waals surface area contributed by atoms with Gasteiger partial charge in [0.1, 0.15) is 5.75 Å². The van der Waals surface area contributed by atoms with E-state index in [2.05, 4.69) is 5.32 Å². The molecule has 0 radical (unpaired) electrons. The largest absolute Gasteiger partial charge is 0.484 e. The van der Waals surface area contributed by atoms with Crippen LogP contribution in [0.3, 0.4) is 0 Å². The number of benzene rings is 1. The summed E-state index contributed by atoms with van der Waals surface area (Å²) in [5.74, 6) is 0.640. The van der Waals surface area contributed by atoms with Crippen LogP contribution >= 0.6 is 11.3 Å². The predicted octanol–water partition coefficient (Wildman–Crippen LogP) is 3.22. The Labute approximate surface area is 168 Å². The first-order valence-corrected chi connectivity index (χ1v) is 10.5. The van der Waals surface area contributed by atoms with Crippen LogP contribution in [-0.4, -0.2) is 42.6 Å². The fourth-order valence-corrected chi connectivity index (χ4v) is 4.28. The molecule has 1 N–H and O–H groups in total. The number of ether oxygens (including phenoxy) is 2. The van der Waals surface area contributed by atoms with E-state index in [-0.39, 0.29) is 24.5 Å². The summed E-state index contributed by atoms with van der Waals surface area (Å²) in [5.41, 5.74) is 1.87. The second kappa shape index (κ2) is 8.75. The third kappa shape index (κ3) is 4.72. The van der Waals surface area contributed by atoms with Gasteiger partial charge in [-0.05, 0) is 54.5 Å². The maximum Gasteiger partial charge on any atom is 0.260 e. The Kier molecular flexibility index (Phi) is 5.92. The van der Waals surface area contributed by atoms with Crippen molar-refractivity contribution >= 4 is 28.8 Å². The number of carbonyl (C=O) groups is 2. The Hall–Kier alpha value is -2.38. The molecule has 2 aliphatic heterocycles. The molecule has 4 rings (SSSR count). The lowest BCUT2D eigenvalue weighted by atomic mass is 10.0. The van der Waals surface area contributed by atoms with Gasteiger partial charge in [-0.2, -0.15) is 0 Å². The minimum atomic E-state index is -0.0464. The second-order valence-electron chi connectivity index (χ2n) is 7.14. The first-order valence-electron chi connectivity index (χ1n) is 9.65. The molecule has 0 spiro atoms. The van der Waals surface area contributed by atoms with Gasteiger partial charge in [0.2, 0.25) is 5.91 Å². The molecule has 1 saturated heterocycles. The van der Waals surface area contributed by atoms with Crippen molar-refractivity contribution in [3.63, 3.8) is 0 Å². The molecule has 1 unspecified atom stereocenters. The second-order valence-corrected chi connectivity index (χ2v) is 8.18. The summed E-state index contributed by atoms with van der Waals surface area (Å²) >= 11 is 1.65. The van der Waals surface area contributed by atoms with Crippen molar-refractivity contribution in [1.82, 2.24) is 4.90 Å². The summed E-state index contributed by atoms with van der Waals surface area (Å²) in [6.45, 7) is 1.93. The highest BCUT2D eigenvalue weighted by atomic mass is 32.1. The van der Waals surface area contributed by atoms with Crippen LogP contribution in [0.25, 0.3) is 0 Å². The summed E-state index contributed by atoms with van der Waals surface area (Å²) in [5, 5.41) is 4.87. The Morgan fingerprint density at radius 1 is 1.32 bits per heavy atom. The molecule has 28 heavy (non-hydrogen) atoms. The molecule has 1 aromatic heterocycles. The molecule has 148 valence electrons. The van der Waals surface area contributed by atoms with Crippen molar-refractivity contribution < 1.29 is 19.1 Å². The number of amides is 2. The highest BCUT2D eigenvalue weighted by Gasteiger charge is 2.23. The van der Waals surface area contributed by atoms with Crippen LogP contribution in [0.15, 0.2) is 35.7 Å². The van der Waals surface area contributed by atoms with Crippen LogP contribution in [0, 0.1) is 0 Å². The lowest BCUT2D eigenvalue weighted by Crippen LogP contribution is -2.39. The number of fused-ring (bicyclic) bond motifs is 1. The van der Waals surface area contributed by atoms with E-state index in [4.69, 9.17) is 9.47 Å². The molecule has 2 aromatic rings. The summed E-state index contributed by atoms with van der Waals surface area (Å²) in [4.78, 5) is 27.3. The molecule has 1 atom stereocenters. The Morgan fingerprint density at radius 3 is 3.04 bits per heavy atom. The van der Waals surface area contributed by atoms with Gasteiger partial charge >= 0.3 is 0 Å².